The summed E-state index contributed by atoms with van der Waals surface area (Å²) in [5.74, 6) is 0.812. The SMILES string of the molecule is COC1=C[C@]23CCCN2CCc2cc4c(cc2[C@@H]3C1OC(=O)C1(CC(=O)OCc2ccccc2)CCCC(C)(C)O1)OCO4. The second kappa shape index (κ2) is 11.1. The van der Waals surface area contributed by atoms with Crippen molar-refractivity contribution in [3.8, 4) is 11.5 Å². The minimum Gasteiger partial charge on any atom is -0.497 e. The van der Waals surface area contributed by atoms with Gasteiger partial charge in [0.25, 0.3) is 0 Å². The van der Waals surface area contributed by atoms with Crippen LogP contribution in [-0.4, -0.2) is 66.7 Å². The Morgan fingerprint density at radius 1 is 1.00 bits per heavy atom. The van der Waals surface area contributed by atoms with Crippen LogP contribution in [0.1, 0.15) is 75.0 Å². The number of nitrogens with zero attached hydrogens (tertiary/aromatic N) is 1. The first-order valence-corrected chi connectivity index (χ1v) is 15.8. The number of methoxy groups -OCH3 is 1. The highest BCUT2D eigenvalue weighted by atomic mass is 16.7. The Kier molecular flexibility index (Phi) is 7.36. The zero-order valence-corrected chi connectivity index (χ0v) is 25.8. The fourth-order valence-electron chi connectivity index (χ4n) is 8.11. The van der Waals surface area contributed by atoms with E-state index in [9.17, 15) is 9.59 Å². The standard InChI is InChI=1S/C35H41NO8/c1-33(2)12-7-14-35(44-33,20-29(37)40-21-23-9-5-4-6-10-23)32(38)43-31-28(39-3)19-34-13-8-15-36(34)16-11-24-17-26-27(42-22-41-26)18-25(24)30(31)34/h4-6,9-10,17-19,30-31H,7-8,11-16,20-22H2,1-3H3/t30-,31?,34+,35?/m1/s1. The number of benzene rings is 2. The lowest BCUT2D eigenvalue weighted by molar-refractivity contribution is -0.217. The second-order valence-corrected chi connectivity index (χ2v) is 13.3. The molecule has 2 saturated heterocycles. The number of esters is 2. The van der Waals surface area contributed by atoms with E-state index in [0.29, 0.717) is 17.9 Å². The van der Waals surface area contributed by atoms with E-state index in [-0.39, 0.29) is 31.3 Å². The molecule has 234 valence electrons. The van der Waals surface area contributed by atoms with Gasteiger partial charge in [-0.15, -0.1) is 0 Å². The minimum absolute atomic E-state index is 0.126. The highest BCUT2D eigenvalue weighted by molar-refractivity contribution is 5.86. The molecule has 0 radical (unpaired) electrons. The molecule has 0 aromatic heterocycles. The molecule has 2 aromatic carbocycles. The molecule has 0 bridgehead atoms. The lowest BCUT2D eigenvalue weighted by atomic mass is 9.77. The fraction of sp³-hybridized carbons (Fsp3) is 0.543. The number of ether oxygens (including phenoxy) is 6. The molecule has 4 atom stereocenters. The third-order valence-electron chi connectivity index (χ3n) is 10.1. The first-order valence-electron chi connectivity index (χ1n) is 15.8. The number of carbonyl (C=O) groups excluding carboxylic acids is 2. The molecule has 9 nitrogen and oxygen atoms in total. The van der Waals surface area contributed by atoms with Crippen LogP contribution in [0.4, 0.5) is 0 Å². The van der Waals surface area contributed by atoms with Crippen LogP contribution < -0.4 is 9.47 Å². The Hall–Kier alpha value is -3.56. The summed E-state index contributed by atoms with van der Waals surface area (Å²) in [5.41, 5.74) is 0.687. The van der Waals surface area contributed by atoms with Crippen LogP contribution in [-0.2, 0) is 41.6 Å². The molecule has 7 rings (SSSR count). The molecule has 0 amide bonds. The first-order chi connectivity index (χ1) is 21.2. The van der Waals surface area contributed by atoms with Crippen LogP contribution in [0, 0.1) is 0 Å². The smallest absolute Gasteiger partial charge is 0.339 e. The summed E-state index contributed by atoms with van der Waals surface area (Å²) >= 11 is 0. The average Bonchev–Trinajstić information content (AvgIpc) is 3.69. The third-order valence-corrected chi connectivity index (χ3v) is 10.1. The van der Waals surface area contributed by atoms with Crippen LogP contribution in [0.3, 0.4) is 0 Å². The molecule has 0 saturated carbocycles. The van der Waals surface area contributed by atoms with Crippen molar-refractivity contribution >= 4 is 11.9 Å². The van der Waals surface area contributed by atoms with E-state index in [1.54, 1.807) is 7.11 Å². The monoisotopic (exact) mass is 603 g/mol. The summed E-state index contributed by atoms with van der Waals surface area (Å²) in [6.45, 7) is 6.06. The summed E-state index contributed by atoms with van der Waals surface area (Å²) in [4.78, 5) is 30.3. The van der Waals surface area contributed by atoms with Gasteiger partial charge in [0, 0.05) is 6.54 Å². The largest absolute Gasteiger partial charge is 0.497 e. The molecular formula is C35H41NO8. The molecule has 0 N–H and O–H groups in total. The normalized spacial score (nSPS) is 29.9. The van der Waals surface area contributed by atoms with E-state index < -0.39 is 29.2 Å². The summed E-state index contributed by atoms with van der Waals surface area (Å²) in [5, 5.41) is 0. The van der Waals surface area contributed by atoms with E-state index in [1.165, 1.54) is 0 Å². The Labute approximate surface area is 258 Å². The number of hydrogen-bond acceptors (Lipinski definition) is 9. The lowest BCUT2D eigenvalue weighted by Crippen LogP contribution is -2.54. The molecular weight excluding hydrogens is 562 g/mol. The van der Waals surface area contributed by atoms with Gasteiger partial charge in [0.05, 0.1) is 30.6 Å². The predicted octanol–water partition coefficient (Wildman–Crippen LogP) is 5.20. The van der Waals surface area contributed by atoms with Gasteiger partial charge in [-0.1, -0.05) is 30.3 Å². The highest BCUT2D eigenvalue weighted by Gasteiger charge is 2.60. The molecule has 2 aromatic rings. The van der Waals surface area contributed by atoms with Crippen molar-refractivity contribution in [2.75, 3.05) is 27.0 Å². The zero-order valence-electron chi connectivity index (χ0n) is 25.8. The molecule has 2 unspecified atom stereocenters. The number of hydrogen-bond donors (Lipinski definition) is 0. The summed E-state index contributed by atoms with van der Waals surface area (Å²) < 4.78 is 36.2. The lowest BCUT2D eigenvalue weighted by Gasteiger charge is -2.44. The molecule has 2 fully saturated rings. The maximum atomic E-state index is 14.5. The van der Waals surface area contributed by atoms with E-state index in [2.05, 4.69) is 23.1 Å². The fourth-order valence-corrected chi connectivity index (χ4v) is 8.11. The molecule has 1 aliphatic carbocycles. The van der Waals surface area contributed by atoms with Gasteiger partial charge in [-0.3, -0.25) is 9.69 Å². The van der Waals surface area contributed by atoms with Gasteiger partial charge in [-0.2, -0.15) is 0 Å². The van der Waals surface area contributed by atoms with Gasteiger partial charge in [0.2, 0.25) is 6.79 Å². The highest BCUT2D eigenvalue weighted by Crippen LogP contribution is 2.56. The topological polar surface area (TPSA) is 92.8 Å². The molecule has 44 heavy (non-hydrogen) atoms. The van der Waals surface area contributed by atoms with Crippen molar-refractivity contribution in [1.29, 1.82) is 0 Å². The van der Waals surface area contributed by atoms with Crippen molar-refractivity contribution in [3.05, 3.63) is 71.0 Å². The Morgan fingerprint density at radius 2 is 1.80 bits per heavy atom. The van der Waals surface area contributed by atoms with Crippen LogP contribution in [0.5, 0.6) is 11.5 Å². The van der Waals surface area contributed by atoms with Crippen LogP contribution in [0.2, 0.25) is 0 Å². The van der Waals surface area contributed by atoms with E-state index in [0.717, 1.165) is 67.6 Å². The van der Waals surface area contributed by atoms with Crippen LogP contribution in [0.25, 0.3) is 0 Å². The Morgan fingerprint density at radius 3 is 2.57 bits per heavy atom. The molecule has 1 spiro atoms. The van der Waals surface area contributed by atoms with Crippen molar-refractivity contribution in [2.45, 2.75) is 94.2 Å². The maximum Gasteiger partial charge on any atom is 0.339 e. The van der Waals surface area contributed by atoms with Gasteiger partial charge >= 0.3 is 11.9 Å². The molecule has 4 aliphatic heterocycles. The molecule has 5 aliphatic rings. The van der Waals surface area contributed by atoms with E-state index in [1.807, 2.05) is 44.2 Å². The first kappa shape index (κ1) is 29.2. The third kappa shape index (κ3) is 5.04. The van der Waals surface area contributed by atoms with Crippen LogP contribution in [0.15, 0.2) is 54.3 Å². The maximum absolute atomic E-state index is 14.5. The van der Waals surface area contributed by atoms with Gasteiger partial charge in [-0.25, -0.2) is 4.79 Å². The van der Waals surface area contributed by atoms with Crippen molar-refractivity contribution in [1.82, 2.24) is 4.90 Å². The average molecular weight is 604 g/mol. The molecule has 4 heterocycles. The van der Waals surface area contributed by atoms with Crippen molar-refractivity contribution < 1.29 is 38.0 Å². The number of carbonyl (C=O) groups is 2. The van der Waals surface area contributed by atoms with Crippen molar-refractivity contribution in [3.63, 3.8) is 0 Å². The number of fused-ring (bicyclic) bond motifs is 3. The van der Waals surface area contributed by atoms with E-state index >= 15 is 0 Å². The van der Waals surface area contributed by atoms with Gasteiger partial charge in [0.15, 0.2) is 23.2 Å². The van der Waals surface area contributed by atoms with Gasteiger partial charge in [-0.05, 0) is 93.8 Å². The summed E-state index contributed by atoms with van der Waals surface area (Å²) in [6, 6.07) is 13.6. The van der Waals surface area contributed by atoms with Gasteiger partial charge < -0.3 is 28.4 Å². The predicted molar refractivity (Wildman–Crippen MR) is 160 cm³/mol. The Balaban J connectivity index is 1.21. The quantitative estimate of drug-likeness (QED) is 0.396. The van der Waals surface area contributed by atoms with E-state index in [4.69, 9.17) is 28.4 Å². The minimum atomic E-state index is -1.47. The zero-order chi connectivity index (χ0) is 30.5. The molecule has 9 heteroatoms. The summed E-state index contributed by atoms with van der Waals surface area (Å²) in [6.07, 6.45) is 5.94. The van der Waals surface area contributed by atoms with Gasteiger partial charge in [0.1, 0.15) is 12.4 Å². The number of rotatable bonds is 7. The van der Waals surface area contributed by atoms with Crippen molar-refractivity contribution in [2.24, 2.45) is 0 Å². The summed E-state index contributed by atoms with van der Waals surface area (Å²) in [7, 11) is 1.63. The Bertz CT molecular complexity index is 1470. The van der Waals surface area contributed by atoms with Crippen LogP contribution >= 0.6 is 0 Å². The second-order valence-electron chi connectivity index (χ2n) is 13.3.